The average Bonchev–Trinajstić information content (AvgIpc) is 2.76. The van der Waals surface area contributed by atoms with Crippen LogP contribution in [0, 0.1) is 5.82 Å². The minimum Gasteiger partial charge on any atom is -0.324 e. The summed E-state index contributed by atoms with van der Waals surface area (Å²) in [6, 6.07) is 6.30. The normalized spacial score (nSPS) is 11.1. The van der Waals surface area contributed by atoms with Crippen LogP contribution in [-0.4, -0.2) is 19.7 Å². The molecule has 3 rings (SSSR count). The lowest BCUT2D eigenvalue weighted by Crippen LogP contribution is -2.03. The third kappa shape index (κ3) is 1.96. The van der Waals surface area contributed by atoms with E-state index in [-0.39, 0.29) is 12.4 Å². The standard InChI is InChI=1S/C13H12FN5/c1-19-13-10(7-16-11(6-15)17-13)12(18-19)8-3-2-4-9(14)5-8/h2-5,7H,6,15H2,1H3. The molecule has 0 radical (unpaired) electrons. The molecule has 0 fully saturated rings. The number of benzene rings is 1. The predicted molar refractivity (Wildman–Crippen MR) is 69.6 cm³/mol. The maximum atomic E-state index is 13.3. The summed E-state index contributed by atoms with van der Waals surface area (Å²) in [4.78, 5) is 8.50. The Balaban J connectivity index is 2.25. The van der Waals surface area contributed by atoms with Crippen LogP contribution in [0.3, 0.4) is 0 Å². The summed E-state index contributed by atoms with van der Waals surface area (Å²) in [6.07, 6.45) is 1.68. The number of halogens is 1. The van der Waals surface area contributed by atoms with E-state index in [2.05, 4.69) is 15.1 Å². The maximum Gasteiger partial charge on any atom is 0.161 e. The second-order valence-corrected chi connectivity index (χ2v) is 4.21. The van der Waals surface area contributed by atoms with Gasteiger partial charge in [-0.05, 0) is 12.1 Å². The molecular formula is C13H12FN5. The molecular weight excluding hydrogens is 245 g/mol. The second kappa shape index (κ2) is 4.40. The molecule has 0 spiro atoms. The van der Waals surface area contributed by atoms with Crippen LogP contribution in [0.4, 0.5) is 4.39 Å². The topological polar surface area (TPSA) is 69.6 Å². The van der Waals surface area contributed by atoms with Gasteiger partial charge in [-0.3, -0.25) is 0 Å². The molecule has 0 saturated heterocycles. The van der Waals surface area contributed by atoms with Crippen molar-refractivity contribution in [2.24, 2.45) is 12.8 Å². The zero-order chi connectivity index (χ0) is 13.4. The highest BCUT2D eigenvalue weighted by Crippen LogP contribution is 2.26. The van der Waals surface area contributed by atoms with Crippen molar-refractivity contribution < 1.29 is 4.39 Å². The average molecular weight is 257 g/mol. The Hall–Kier alpha value is -2.34. The molecule has 2 aromatic heterocycles. The lowest BCUT2D eigenvalue weighted by atomic mass is 10.1. The highest BCUT2D eigenvalue weighted by Gasteiger charge is 2.13. The van der Waals surface area contributed by atoms with Crippen LogP contribution in [0.2, 0.25) is 0 Å². The maximum absolute atomic E-state index is 13.3. The van der Waals surface area contributed by atoms with Gasteiger partial charge in [0.05, 0.1) is 11.9 Å². The van der Waals surface area contributed by atoms with Crippen LogP contribution in [-0.2, 0) is 13.6 Å². The van der Waals surface area contributed by atoms with Gasteiger partial charge < -0.3 is 5.73 Å². The number of rotatable bonds is 2. The van der Waals surface area contributed by atoms with Crippen LogP contribution in [0.15, 0.2) is 30.5 Å². The summed E-state index contributed by atoms with van der Waals surface area (Å²) in [5.74, 6) is 0.261. The zero-order valence-electron chi connectivity index (χ0n) is 10.3. The summed E-state index contributed by atoms with van der Waals surface area (Å²) < 4.78 is 14.9. The number of nitrogens with two attached hydrogens (primary N) is 1. The Kier molecular flexibility index (Phi) is 2.72. The van der Waals surface area contributed by atoms with Gasteiger partial charge in [-0.15, -0.1) is 0 Å². The van der Waals surface area contributed by atoms with Crippen LogP contribution in [0.1, 0.15) is 5.82 Å². The minimum absolute atomic E-state index is 0.274. The third-order valence-corrected chi connectivity index (χ3v) is 2.91. The Morgan fingerprint density at radius 3 is 2.95 bits per heavy atom. The lowest BCUT2D eigenvalue weighted by molar-refractivity contribution is 0.628. The Bertz CT molecular complexity index is 750. The van der Waals surface area contributed by atoms with Crippen LogP contribution in [0.5, 0.6) is 0 Å². The summed E-state index contributed by atoms with van der Waals surface area (Å²) in [7, 11) is 1.79. The van der Waals surface area contributed by atoms with Crippen LogP contribution < -0.4 is 5.73 Å². The van der Waals surface area contributed by atoms with Gasteiger partial charge in [-0.2, -0.15) is 5.10 Å². The molecule has 0 aliphatic heterocycles. The predicted octanol–water partition coefficient (Wildman–Crippen LogP) is 1.63. The van der Waals surface area contributed by atoms with Gasteiger partial charge in [-0.1, -0.05) is 12.1 Å². The molecule has 6 heteroatoms. The lowest BCUT2D eigenvalue weighted by Gasteiger charge is -1.98. The molecule has 0 atom stereocenters. The van der Waals surface area contributed by atoms with Crippen LogP contribution >= 0.6 is 0 Å². The number of hydrogen-bond donors (Lipinski definition) is 1. The number of aromatic nitrogens is 4. The van der Waals surface area contributed by atoms with Crippen molar-refractivity contribution >= 4 is 11.0 Å². The summed E-state index contributed by atoms with van der Waals surface area (Å²) in [6.45, 7) is 0.274. The molecule has 19 heavy (non-hydrogen) atoms. The summed E-state index contributed by atoms with van der Waals surface area (Å²) in [5.41, 5.74) is 7.58. The summed E-state index contributed by atoms with van der Waals surface area (Å²) in [5, 5.41) is 5.17. The van der Waals surface area contributed by atoms with Crippen molar-refractivity contribution in [1.82, 2.24) is 19.7 Å². The van der Waals surface area contributed by atoms with Crippen molar-refractivity contribution in [2.75, 3.05) is 0 Å². The van der Waals surface area contributed by atoms with Crippen molar-refractivity contribution in [3.63, 3.8) is 0 Å². The van der Waals surface area contributed by atoms with Crippen molar-refractivity contribution in [1.29, 1.82) is 0 Å². The van der Waals surface area contributed by atoms with Gasteiger partial charge in [0.2, 0.25) is 0 Å². The SMILES string of the molecule is Cn1nc(-c2cccc(F)c2)c2cnc(CN)nc21. The van der Waals surface area contributed by atoms with E-state index in [1.54, 1.807) is 24.0 Å². The molecule has 0 bridgehead atoms. The molecule has 1 aromatic carbocycles. The molecule has 2 N–H and O–H groups in total. The molecule has 5 nitrogen and oxygen atoms in total. The van der Waals surface area contributed by atoms with E-state index in [1.165, 1.54) is 12.1 Å². The first-order chi connectivity index (χ1) is 9.19. The van der Waals surface area contributed by atoms with E-state index in [4.69, 9.17) is 5.73 Å². The largest absolute Gasteiger partial charge is 0.324 e. The molecule has 96 valence electrons. The van der Waals surface area contributed by atoms with E-state index in [0.29, 0.717) is 22.7 Å². The Morgan fingerprint density at radius 2 is 2.21 bits per heavy atom. The minimum atomic E-state index is -0.296. The molecule has 3 aromatic rings. The first-order valence-corrected chi connectivity index (χ1v) is 5.83. The molecule has 2 heterocycles. The molecule has 0 saturated carbocycles. The number of hydrogen-bond acceptors (Lipinski definition) is 4. The Morgan fingerprint density at radius 1 is 1.37 bits per heavy atom. The van der Waals surface area contributed by atoms with Crippen molar-refractivity contribution in [2.45, 2.75) is 6.54 Å². The van der Waals surface area contributed by atoms with Crippen molar-refractivity contribution in [3.8, 4) is 11.3 Å². The first kappa shape index (κ1) is 11.7. The van der Waals surface area contributed by atoms with E-state index >= 15 is 0 Å². The molecule has 0 aliphatic rings. The van der Waals surface area contributed by atoms with Gasteiger partial charge in [0, 0.05) is 18.8 Å². The van der Waals surface area contributed by atoms with E-state index in [9.17, 15) is 4.39 Å². The number of nitrogens with zero attached hydrogens (tertiary/aromatic N) is 4. The fraction of sp³-hybridized carbons (Fsp3) is 0.154. The van der Waals surface area contributed by atoms with Gasteiger partial charge in [0.25, 0.3) is 0 Å². The van der Waals surface area contributed by atoms with Gasteiger partial charge in [-0.25, -0.2) is 19.0 Å². The van der Waals surface area contributed by atoms with Gasteiger partial charge >= 0.3 is 0 Å². The van der Waals surface area contributed by atoms with E-state index in [0.717, 1.165) is 5.39 Å². The van der Waals surface area contributed by atoms with Crippen LogP contribution in [0.25, 0.3) is 22.3 Å². The number of fused-ring (bicyclic) bond motifs is 1. The highest BCUT2D eigenvalue weighted by atomic mass is 19.1. The van der Waals surface area contributed by atoms with Gasteiger partial charge in [0.15, 0.2) is 5.65 Å². The molecule has 0 amide bonds. The fourth-order valence-corrected chi connectivity index (χ4v) is 2.02. The fourth-order valence-electron chi connectivity index (χ4n) is 2.02. The molecule has 0 aliphatic carbocycles. The quantitative estimate of drug-likeness (QED) is 0.757. The monoisotopic (exact) mass is 257 g/mol. The van der Waals surface area contributed by atoms with Gasteiger partial charge in [0.1, 0.15) is 17.3 Å². The smallest absolute Gasteiger partial charge is 0.161 e. The second-order valence-electron chi connectivity index (χ2n) is 4.21. The number of aryl methyl sites for hydroxylation is 1. The van der Waals surface area contributed by atoms with Crippen molar-refractivity contribution in [3.05, 3.63) is 42.1 Å². The first-order valence-electron chi connectivity index (χ1n) is 5.83. The third-order valence-electron chi connectivity index (χ3n) is 2.91. The summed E-state index contributed by atoms with van der Waals surface area (Å²) >= 11 is 0. The Labute approximate surface area is 108 Å². The van der Waals surface area contributed by atoms with E-state index < -0.39 is 0 Å². The molecule has 0 unspecified atom stereocenters. The zero-order valence-corrected chi connectivity index (χ0v) is 10.3. The highest BCUT2D eigenvalue weighted by molar-refractivity contribution is 5.90. The van der Waals surface area contributed by atoms with E-state index in [1.807, 2.05) is 6.07 Å².